The molecule has 0 N–H and O–H groups in total. The SMILES string of the molecule is CCCC1CCC(C2(c3ccc(OCC4CC4)cc3)CCCCC2)CC1. The van der Waals surface area contributed by atoms with Crippen molar-refractivity contribution in [1.29, 1.82) is 0 Å². The first-order valence-corrected chi connectivity index (χ1v) is 11.5. The summed E-state index contributed by atoms with van der Waals surface area (Å²) in [5.41, 5.74) is 2.08. The first-order chi connectivity index (χ1) is 12.8. The highest BCUT2D eigenvalue weighted by molar-refractivity contribution is 5.34. The predicted molar refractivity (Wildman–Crippen MR) is 110 cm³/mol. The van der Waals surface area contributed by atoms with Crippen LogP contribution in [0.4, 0.5) is 0 Å². The number of rotatable bonds is 7. The third kappa shape index (κ3) is 4.12. The zero-order valence-corrected chi connectivity index (χ0v) is 16.8. The minimum atomic E-state index is 0.463. The van der Waals surface area contributed by atoms with E-state index in [9.17, 15) is 0 Å². The molecule has 1 heteroatoms. The van der Waals surface area contributed by atoms with Gasteiger partial charge in [-0.2, -0.15) is 0 Å². The maximum atomic E-state index is 5.99. The van der Waals surface area contributed by atoms with Crippen LogP contribution in [-0.4, -0.2) is 6.61 Å². The Hall–Kier alpha value is -0.980. The van der Waals surface area contributed by atoms with E-state index in [1.165, 1.54) is 83.5 Å². The minimum Gasteiger partial charge on any atom is -0.493 e. The van der Waals surface area contributed by atoms with E-state index in [4.69, 9.17) is 4.74 Å². The van der Waals surface area contributed by atoms with Gasteiger partial charge in [0.15, 0.2) is 0 Å². The van der Waals surface area contributed by atoms with Crippen molar-refractivity contribution in [2.75, 3.05) is 6.61 Å². The minimum absolute atomic E-state index is 0.463. The summed E-state index contributed by atoms with van der Waals surface area (Å²) in [5.74, 6) is 3.83. The van der Waals surface area contributed by atoms with Crippen LogP contribution in [0.2, 0.25) is 0 Å². The van der Waals surface area contributed by atoms with Gasteiger partial charge in [-0.05, 0) is 79.4 Å². The zero-order chi connectivity index (χ0) is 17.8. The maximum absolute atomic E-state index is 5.99. The van der Waals surface area contributed by atoms with E-state index in [1.807, 2.05) is 0 Å². The highest BCUT2D eigenvalue weighted by Crippen LogP contribution is 2.51. The molecule has 0 bridgehead atoms. The van der Waals surface area contributed by atoms with E-state index in [-0.39, 0.29) is 0 Å². The number of benzene rings is 1. The normalized spacial score (nSPS) is 28.7. The maximum Gasteiger partial charge on any atom is 0.119 e. The lowest BCUT2D eigenvalue weighted by molar-refractivity contribution is 0.125. The Kier molecular flexibility index (Phi) is 5.91. The average Bonchev–Trinajstić information content (AvgIpc) is 3.53. The van der Waals surface area contributed by atoms with Crippen LogP contribution < -0.4 is 4.74 Å². The molecule has 1 nitrogen and oxygen atoms in total. The summed E-state index contributed by atoms with van der Waals surface area (Å²) in [4.78, 5) is 0. The van der Waals surface area contributed by atoms with Crippen LogP contribution in [0.1, 0.15) is 96.0 Å². The molecule has 0 heterocycles. The summed E-state index contributed by atoms with van der Waals surface area (Å²) in [7, 11) is 0. The molecule has 0 amide bonds. The van der Waals surface area contributed by atoms with Crippen LogP contribution >= 0.6 is 0 Å². The summed E-state index contributed by atoms with van der Waals surface area (Å²) in [6.07, 6.45) is 18.5. The van der Waals surface area contributed by atoms with Gasteiger partial charge in [0, 0.05) is 0 Å². The number of ether oxygens (including phenoxy) is 1. The first-order valence-electron chi connectivity index (χ1n) is 11.5. The third-order valence-electron chi connectivity index (χ3n) is 7.68. The molecule has 0 aromatic heterocycles. The molecule has 0 aliphatic heterocycles. The lowest BCUT2D eigenvalue weighted by Crippen LogP contribution is -2.39. The van der Waals surface area contributed by atoms with Gasteiger partial charge in [-0.15, -0.1) is 0 Å². The second-order valence-electron chi connectivity index (χ2n) is 9.50. The van der Waals surface area contributed by atoms with Gasteiger partial charge < -0.3 is 4.74 Å². The second kappa shape index (κ2) is 8.36. The molecular formula is C25H38O. The Bertz CT molecular complexity index is 542. The molecule has 144 valence electrons. The summed E-state index contributed by atoms with van der Waals surface area (Å²) >= 11 is 0. The van der Waals surface area contributed by atoms with Crippen molar-refractivity contribution in [3.63, 3.8) is 0 Å². The zero-order valence-electron chi connectivity index (χ0n) is 16.8. The molecule has 1 aromatic rings. The van der Waals surface area contributed by atoms with E-state index in [0.29, 0.717) is 5.41 Å². The molecule has 3 aliphatic rings. The number of hydrogen-bond acceptors (Lipinski definition) is 1. The van der Waals surface area contributed by atoms with Gasteiger partial charge in [-0.25, -0.2) is 0 Å². The molecule has 4 rings (SSSR count). The highest BCUT2D eigenvalue weighted by atomic mass is 16.5. The van der Waals surface area contributed by atoms with Crippen molar-refractivity contribution < 1.29 is 4.74 Å². The van der Waals surface area contributed by atoms with Gasteiger partial charge >= 0.3 is 0 Å². The molecule has 26 heavy (non-hydrogen) atoms. The lowest BCUT2D eigenvalue weighted by Gasteiger charge is -2.47. The van der Waals surface area contributed by atoms with E-state index < -0.39 is 0 Å². The topological polar surface area (TPSA) is 9.23 Å². The second-order valence-corrected chi connectivity index (χ2v) is 9.50. The summed E-state index contributed by atoms with van der Waals surface area (Å²) in [6.45, 7) is 3.27. The Labute approximate surface area is 160 Å². The van der Waals surface area contributed by atoms with Crippen LogP contribution in [0, 0.1) is 17.8 Å². The van der Waals surface area contributed by atoms with Crippen LogP contribution in [0.5, 0.6) is 5.75 Å². The van der Waals surface area contributed by atoms with Crippen LogP contribution in [0.15, 0.2) is 24.3 Å². The lowest BCUT2D eigenvalue weighted by atomic mass is 9.57. The Balaban J connectivity index is 1.46. The molecule has 0 saturated heterocycles. The summed E-state index contributed by atoms with van der Waals surface area (Å²) in [6, 6.07) is 9.37. The van der Waals surface area contributed by atoms with Gasteiger partial charge in [0.2, 0.25) is 0 Å². The van der Waals surface area contributed by atoms with Crippen molar-refractivity contribution in [3.05, 3.63) is 29.8 Å². The van der Waals surface area contributed by atoms with Crippen LogP contribution in [0.25, 0.3) is 0 Å². The van der Waals surface area contributed by atoms with Crippen molar-refractivity contribution in [1.82, 2.24) is 0 Å². The Morgan fingerprint density at radius 2 is 1.50 bits per heavy atom. The van der Waals surface area contributed by atoms with Gasteiger partial charge in [-0.3, -0.25) is 0 Å². The molecule has 0 unspecified atom stereocenters. The molecule has 3 saturated carbocycles. The summed E-state index contributed by atoms with van der Waals surface area (Å²) in [5, 5.41) is 0. The first kappa shape index (κ1) is 18.4. The quantitative estimate of drug-likeness (QED) is 0.499. The standard InChI is InChI=1S/C25H38O/c1-2-6-20-9-11-22(12-10-20)25(17-4-3-5-18-25)23-13-15-24(16-14-23)26-19-21-7-8-21/h13-16,20-22H,2-12,17-19H2,1H3. The van der Waals surface area contributed by atoms with Gasteiger partial charge in [0.05, 0.1) is 6.61 Å². The van der Waals surface area contributed by atoms with Gasteiger partial charge in [0.25, 0.3) is 0 Å². The molecule has 0 radical (unpaired) electrons. The van der Waals surface area contributed by atoms with Crippen LogP contribution in [0.3, 0.4) is 0 Å². The van der Waals surface area contributed by atoms with Crippen molar-refractivity contribution in [3.8, 4) is 5.75 Å². The Morgan fingerprint density at radius 1 is 0.846 bits per heavy atom. The van der Waals surface area contributed by atoms with Gasteiger partial charge in [0.1, 0.15) is 5.75 Å². The molecule has 3 fully saturated rings. The largest absolute Gasteiger partial charge is 0.493 e. The summed E-state index contributed by atoms with van der Waals surface area (Å²) < 4.78 is 5.99. The molecule has 3 aliphatic carbocycles. The van der Waals surface area contributed by atoms with E-state index >= 15 is 0 Å². The fraction of sp³-hybridized carbons (Fsp3) is 0.760. The fourth-order valence-corrected chi connectivity index (χ4v) is 5.91. The van der Waals surface area contributed by atoms with E-state index in [2.05, 4.69) is 31.2 Å². The smallest absolute Gasteiger partial charge is 0.119 e. The predicted octanol–water partition coefficient (Wildman–Crippen LogP) is 7.28. The van der Waals surface area contributed by atoms with Crippen molar-refractivity contribution >= 4 is 0 Å². The van der Waals surface area contributed by atoms with Crippen LogP contribution in [-0.2, 0) is 5.41 Å². The monoisotopic (exact) mass is 354 g/mol. The number of hydrogen-bond donors (Lipinski definition) is 0. The molecule has 0 spiro atoms. The third-order valence-corrected chi connectivity index (χ3v) is 7.68. The Morgan fingerprint density at radius 3 is 2.12 bits per heavy atom. The molecular weight excluding hydrogens is 316 g/mol. The molecule has 1 aromatic carbocycles. The van der Waals surface area contributed by atoms with E-state index in [1.54, 1.807) is 5.56 Å². The highest BCUT2D eigenvalue weighted by Gasteiger charge is 2.42. The van der Waals surface area contributed by atoms with E-state index in [0.717, 1.165) is 30.1 Å². The van der Waals surface area contributed by atoms with Gasteiger partial charge in [-0.1, -0.05) is 64.0 Å². The van der Waals surface area contributed by atoms with Crippen molar-refractivity contribution in [2.45, 2.75) is 95.8 Å². The average molecular weight is 355 g/mol. The van der Waals surface area contributed by atoms with Crippen molar-refractivity contribution in [2.24, 2.45) is 17.8 Å². The fourth-order valence-electron chi connectivity index (χ4n) is 5.91. The molecule has 0 atom stereocenters.